The third kappa shape index (κ3) is 2.92. The van der Waals surface area contributed by atoms with Gasteiger partial charge in [-0.25, -0.2) is 0 Å². The summed E-state index contributed by atoms with van der Waals surface area (Å²) in [6, 6.07) is 5.27. The zero-order valence-electron chi connectivity index (χ0n) is 10.0. The van der Waals surface area contributed by atoms with Crippen LogP contribution in [0, 0.1) is 17.0 Å². The highest BCUT2D eigenvalue weighted by atomic mass is 16.6. The van der Waals surface area contributed by atoms with E-state index in [2.05, 4.69) is 15.5 Å². The average Bonchev–Trinajstić information content (AvgIpc) is 2.84. The molecule has 0 atom stereocenters. The molecule has 0 amide bonds. The van der Waals surface area contributed by atoms with Crippen LogP contribution in [0.15, 0.2) is 30.6 Å². The molecule has 0 unspecified atom stereocenters. The van der Waals surface area contributed by atoms with E-state index in [1.165, 1.54) is 0 Å². The van der Waals surface area contributed by atoms with Crippen molar-refractivity contribution >= 4 is 5.69 Å². The SMILES string of the molecule is Cc1ccc(CNCc2cn[nH]c2)cc1[N+](=O)[O-]. The van der Waals surface area contributed by atoms with Crippen LogP contribution in [0.25, 0.3) is 0 Å². The van der Waals surface area contributed by atoms with E-state index in [4.69, 9.17) is 0 Å². The van der Waals surface area contributed by atoms with E-state index in [1.807, 2.05) is 12.3 Å². The Morgan fingerprint density at radius 2 is 2.17 bits per heavy atom. The van der Waals surface area contributed by atoms with Crippen LogP contribution in [0.3, 0.4) is 0 Å². The van der Waals surface area contributed by atoms with Crippen molar-refractivity contribution in [3.05, 3.63) is 57.4 Å². The van der Waals surface area contributed by atoms with Crippen molar-refractivity contribution in [2.75, 3.05) is 0 Å². The van der Waals surface area contributed by atoms with Gasteiger partial charge in [-0.2, -0.15) is 5.10 Å². The van der Waals surface area contributed by atoms with Gasteiger partial charge in [0.25, 0.3) is 5.69 Å². The number of aryl methyl sites for hydroxylation is 1. The third-order valence-electron chi connectivity index (χ3n) is 2.68. The van der Waals surface area contributed by atoms with Gasteiger partial charge in [-0.05, 0) is 12.5 Å². The Hall–Kier alpha value is -2.21. The molecule has 2 N–H and O–H groups in total. The molecule has 1 aromatic carbocycles. The van der Waals surface area contributed by atoms with Crippen molar-refractivity contribution in [3.8, 4) is 0 Å². The summed E-state index contributed by atoms with van der Waals surface area (Å²) in [5, 5.41) is 20.6. The monoisotopic (exact) mass is 246 g/mol. The number of hydrogen-bond donors (Lipinski definition) is 2. The summed E-state index contributed by atoms with van der Waals surface area (Å²) >= 11 is 0. The first kappa shape index (κ1) is 12.3. The molecule has 1 aromatic heterocycles. The van der Waals surface area contributed by atoms with E-state index in [0.717, 1.165) is 11.1 Å². The first-order chi connectivity index (χ1) is 8.66. The Morgan fingerprint density at radius 3 is 2.83 bits per heavy atom. The zero-order valence-corrected chi connectivity index (χ0v) is 10.0. The lowest BCUT2D eigenvalue weighted by atomic mass is 10.1. The molecule has 0 bridgehead atoms. The molecule has 0 aliphatic rings. The second-order valence-corrected chi connectivity index (χ2v) is 4.09. The molecule has 0 aliphatic carbocycles. The molecule has 18 heavy (non-hydrogen) atoms. The lowest BCUT2D eigenvalue weighted by Crippen LogP contribution is -2.12. The molecule has 0 saturated heterocycles. The maximum absolute atomic E-state index is 10.8. The fourth-order valence-electron chi connectivity index (χ4n) is 1.69. The van der Waals surface area contributed by atoms with Crippen LogP contribution in [0.2, 0.25) is 0 Å². The van der Waals surface area contributed by atoms with E-state index in [9.17, 15) is 10.1 Å². The Morgan fingerprint density at radius 1 is 1.39 bits per heavy atom. The third-order valence-corrected chi connectivity index (χ3v) is 2.68. The number of nitrogens with zero attached hydrogens (tertiary/aromatic N) is 2. The van der Waals surface area contributed by atoms with Gasteiger partial charge in [0, 0.05) is 36.5 Å². The zero-order chi connectivity index (χ0) is 13.0. The van der Waals surface area contributed by atoms with Crippen LogP contribution < -0.4 is 5.32 Å². The molecular formula is C12H14N4O2. The lowest BCUT2D eigenvalue weighted by Gasteiger charge is -2.04. The summed E-state index contributed by atoms with van der Waals surface area (Å²) in [4.78, 5) is 10.5. The van der Waals surface area contributed by atoms with Crippen molar-refractivity contribution < 1.29 is 4.92 Å². The second kappa shape index (κ2) is 5.42. The van der Waals surface area contributed by atoms with Gasteiger partial charge in [0.2, 0.25) is 0 Å². The summed E-state index contributed by atoms with van der Waals surface area (Å²) in [5.74, 6) is 0. The number of hydrogen-bond acceptors (Lipinski definition) is 4. The summed E-state index contributed by atoms with van der Waals surface area (Å²) in [7, 11) is 0. The number of aromatic nitrogens is 2. The maximum atomic E-state index is 10.8. The molecule has 6 heteroatoms. The number of nitro groups is 1. The highest BCUT2D eigenvalue weighted by Crippen LogP contribution is 2.19. The van der Waals surface area contributed by atoms with Crippen LogP contribution >= 0.6 is 0 Å². The van der Waals surface area contributed by atoms with Gasteiger partial charge in [0.05, 0.1) is 11.1 Å². The number of rotatable bonds is 5. The van der Waals surface area contributed by atoms with Crippen LogP contribution in [-0.4, -0.2) is 15.1 Å². The summed E-state index contributed by atoms with van der Waals surface area (Å²) < 4.78 is 0. The van der Waals surface area contributed by atoms with Crippen molar-refractivity contribution in [2.45, 2.75) is 20.0 Å². The van der Waals surface area contributed by atoms with Gasteiger partial charge in [-0.3, -0.25) is 15.2 Å². The van der Waals surface area contributed by atoms with E-state index in [-0.39, 0.29) is 10.6 Å². The summed E-state index contributed by atoms with van der Waals surface area (Å²) in [6.07, 6.45) is 3.55. The Labute approximate surface area is 104 Å². The van der Waals surface area contributed by atoms with Crippen molar-refractivity contribution in [3.63, 3.8) is 0 Å². The van der Waals surface area contributed by atoms with Crippen molar-refractivity contribution in [1.29, 1.82) is 0 Å². The molecule has 0 aliphatic heterocycles. The van der Waals surface area contributed by atoms with Gasteiger partial charge < -0.3 is 5.32 Å². The van der Waals surface area contributed by atoms with Crippen LogP contribution in [0.5, 0.6) is 0 Å². The number of nitro benzene ring substituents is 1. The molecule has 0 fully saturated rings. The molecule has 6 nitrogen and oxygen atoms in total. The molecular weight excluding hydrogens is 232 g/mol. The number of H-pyrrole nitrogens is 1. The van der Waals surface area contributed by atoms with Crippen molar-refractivity contribution in [2.24, 2.45) is 0 Å². The second-order valence-electron chi connectivity index (χ2n) is 4.09. The van der Waals surface area contributed by atoms with E-state index < -0.39 is 0 Å². The molecule has 0 radical (unpaired) electrons. The molecule has 1 heterocycles. The largest absolute Gasteiger partial charge is 0.308 e. The van der Waals surface area contributed by atoms with E-state index in [1.54, 1.807) is 25.3 Å². The first-order valence-corrected chi connectivity index (χ1v) is 5.59. The predicted molar refractivity (Wildman–Crippen MR) is 67.0 cm³/mol. The topological polar surface area (TPSA) is 83.8 Å². The minimum absolute atomic E-state index is 0.164. The smallest absolute Gasteiger partial charge is 0.272 e. The lowest BCUT2D eigenvalue weighted by molar-refractivity contribution is -0.385. The highest BCUT2D eigenvalue weighted by molar-refractivity contribution is 5.42. The number of nitrogens with one attached hydrogen (secondary N) is 2. The van der Waals surface area contributed by atoms with Gasteiger partial charge in [-0.1, -0.05) is 12.1 Å². The Bertz CT molecular complexity index is 537. The summed E-state index contributed by atoms with van der Waals surface area (Å²) in [6.45, 7) is 3.01. The maximum Gasteiger partial charge on any atom is 0.272 e. The fraction of sp³-hybridized carbons (Fsp3) is 0.250. The molecule has 0 saturated carbocycles. The van der Waals surface area contributed by atoms with E-state index >= 15 is 0 Å². The summed E-state index contributed by atoms with van der Waals surface area (Å²) in [5.41, 5.74) is 2.80. The molecule has 2 aromatic rings. The normalized spacial score (nSPS) is 10.5. The average molecular weight is 246 g/mol. The van der Waals surface area contributed by atoms with Crippen LogP contribution in [-0.2, 0) is 13.1 Å². The standard InChI is InChI=1S/C12H14N4O2/c1-9-2-3-10(4-12(9)16(17)18)5-13-6-11-7-14-15-8-11/h2-4,7-8,13H,5-6H2,1H3,(H,14,15). The molecule has 94 valence electrons. The number of aromatic amines is 1. The predicted octanol–water partition coefficient (Wildman–Crippen LogP) is 1.92. The van der Waals surface area contributed by atoms with Gasteiger partial charge >= 0.3 is 0 Å². The van der Waals surface area contributed by atoms with Crippen molar-refractivity contribution in [1.82, 2.24) is 15.5 Å². The Balaban J connectivity index is 1.97. The van der Waals surface area contributed by atoms with E-state index in [0.29, 0.717) is 18.7 Å². The fourth-order valence-corrected chi connectivity index (χ4v) is 1.69. The molecule has 2 rings (SSSR count). The van der Waals surface area contributed by atoms with Crippen LogP contribution in [0.1, 0.15) is 16.7 Å². The van der Waals surface area contributed by atoms with Gasteiger partial charge in [0.1, 0.15) is 0 Å². The van der Waals surface area contributed by atoms with Gasteiger partial charge in [0.15, 0.2) is 0 Å². The molecule has 0 spiro atoms. The first-order valence-electron chi connectivity index (χ1n) is 5.59. The van der Waals surface area contributed by atoms with Gasteiger partial charge in [-0.15, -0.1) is 0 Å². The van der Waals surface area contributed by atoms with Crippen LogP contribution in [0.4, 0.5) is 5.69 Å². The quantitative estimate of drug-likeness (QED) is 0.623. The number of benzene rings is 1. The Kier molecular flexibility index (Phi) is 3.69. The minimum atomic E-state index is -0.352. The highest BCUT2D eigenvalue weighted by Gasteiger charge is 2.10. The minimum Gasteiger partial charge on any atom is -0.308 e.